The number of aliphatic hydroxyl groups excluding tert-OH is 1. The smallest absolute Gasteiger partial charge is 0.227 e. The molecule has 0 unspecified atom stereocenters. The summed E-state index contributed by atoms with van der Waals surface area (Å²) in [4.78, 5) is 11.7. The molecule has 0 amide bonds. The molecule has 0 spiro atoms. The fourth-order valence-electron chi connectivity index (χ4n) is 2.02. The van der Waals surface area contributed by atoms with E-state index in [2.05, 4.69) is 0 Å². The van der Waals surface area contributed by atoms with E-state index in [0.717, 1.165) is 10.9 Å². The summed E-state index contributed by atoms with van der Waals surface area (Å²) < 4.78 is 12.4. The second kappa shape index (κ2) is 5.22. The van der Waals surface area contributed by atoms with Gasteiger partial charge in [0.25, 0.3) is 0 Å². The Morgan fingerprint density at radius 2 is 2.10 bits per heavy atom. The Kier molecular flexibility index (Phi) is 3.26. The van der Waals surface area contributed by atoms with Gasteiger partial charge >= 0.3 is 0 Å². The van der Waals surface area contributed by atoms with Gasteiger partial charge in [-0.15, -0.1) is 0 Å². The van der Waals surface area contributed by atoms with Crippen molar-refractivity contribution in [3.63, 3.8) is 0 Å². The molecule has 0 aliphatic carbocycles. The highest BCUT2D eigenvalue weighted by Gasteiger charge is 2.05. The van der Waals surface area contributed by atoms with Gasteiger partial charge in [0.1, 0.15) is 18.6 Å². The van der Waals surface area contributed by atoms with Crippen LogP contribution >= 0.6 is 0 Å². The number of aliphatic hydroxyl groups is 1. The number of rotatable bonds is 4. The molecule has 2 heterocycles. The van der Waals surface area contributed by atoms with Crippen LogP contribution in [0.15, 0.2) is 58.1 Å². The quantitative estimate of drug-likeness (QED) is 0.789. The van der Waals surface area contributed by atoms with Gasteiger partial charge in [0, 0.05) is 12.3 Å². The lowest BCUT2D eigenvalue weighted by atomic mass is 10.2. The van der Waals surface area contributed by atoms with Crippen molar-refractivity contribution in [3.8, 4) is 5.75 Å². The lowest BCUT2D eigenvalue weighted by Crippen LogP contribution is -2.11. The highest BCUT2D eigenvalue weighted by Crippen LogP contribution is 2.15. The highest BCUT2D eigenvalue weighted by atomic mass is 16.5. The van der Waals surface area contributed by atoms with E-state index in [-0.39, 0.29) is 30.3 Å². The summed E-state index contributed by atoms with van der Waals surface area (Å²) in [5, 5.41) is 9.98. The van der Waals surface area contributed by atoms with Gasteiger partial charge in [-0.1, -0.05) is 18.2 Å². The van der Waals surface area contributed by atoms with Gasteiger partial charge in [-0.05, 0) is 17.5 Å². The van der Waals surface area contributed by atoms with E-state index >= 15 is 0 Å². The first-order valence-electron chi connectivity index (χ1n) is 6.17. The minimum atomic E-state index is -0.309. The molecule has 102 valence electrons. The van der Waals surface area contributed by atoms with E-state index in [1.165, 1.54) is 12.3 Å². The van der Waals surface area contributed by atoms with Gasteiger partial charge in [0.15, 0.2) is 6.73 Å². The van der Waals surface area contributed by atoms with Crippen molar-refractivity contribution >= 4 is 10.9 Å². The van der Waals surface area contributed by atoms with Crippen molar-refractivity contribution in [1.82, 2.24) is 4.57 Å². The highest BCUT2D eigenvalue weighted by molar-refractivity contribution is 5.79. The largest absolute Gasteiger partial charge is 0.465 e. The maximum Gasteiger partial charge on any atom is 0.227 e. The molecule has 0 radical (unpaired) electrons. The number of hydrogen-bond donors (Lipinski definition) is 1. The van der Waals surface area contributed by atoms with Gasteiger partial charge in [0.2, 0.25) is 11.2 Å². The molecule has 2 aromatic heterocycles. The number of fused-ring (bicyclic) bond motifs is 1. The average molecular weight is 271 g/mol. The SMILES string of the molecule is O=c1cc(CO)occ1OCn1ccc2ccccc21. The standard InChI is InChI=1S/C15H13NO4/c17-8-12-7-14(18)15(9-19-12)20-10-16-6-5-11-3-1-2-4-13(11)16/h1-7,9,17H,8,10H2. The maximum absolute atomic E-state index is 11.7. The van der Waals surface area contributed by atoms with Crippen molar-refractivity contribution in [1.29, 1.82) is 0 Å². The van der Waals surface area contributed by atoms with Crippen LogP contribution in [0.2, 0.25) is 0 Å². The lowest BCUT2D eigenvalue weighted by molar-refractivity contribution is 0.218. The normalized spacial score (nSPS) is 10.8. The molecule has 20 heavy (non-hydrogen) atoms. The molecule has 0 saturated carbocycles. The number of benzene rings is 1. The Labute approximate surface area is 114 Å². The molecule has 1 N–H and O–H groups in total. The molecule has 0 saturated heterocycles. The van der Waals surface area contributed by atoms with Gasteiger partial charge in [-0.25, -0.2) is 0 Å². The summed E-state index contributed by atoms with van der Waals surface area (Å²) in [6.07, 6.45) is 3.12. The minimum Gasteiger partial charge on any atom is -0.465 e. The zero-order chi connectivity index (χ0) is 13.9. The molecule has 0 aliphatic heterocycles. The Hall–Kier alpha value is -2.53. The summed E-state index contributed by atoms with van der Waals surface area (Å²) >= 11 is 0. The van der Waals surface area contributed by atoms with Crippen LogP contribution in [-0.4, -0.2) is 9.67 Å². The van der Waals surface area contributed by atoms with E-state index in [1.54, 1.807) is 0 Å². The minimum absolute atomic E-state index is 0.125. The molecule has 1 aromatic carbocycles. The maximum atomic E-state index is 11.7. The second-order valence-corrected chi connectivity index (χ2v) is 4.35. The molecule has 0 fully saturated rings. The average Bonchev–Trinajstić information content (AvgIpc) is 2.89. The fourth-order valence-corrected chi connectivity index (χ4v) is 2.02. The summed E-state index contributed by atoms with van der Waals surface area (Å²) in [7, 11) is 0. The Morgan fingerprint density at radius 1 is 1.25 bits per heavy atom. The molecule has 5 nitrogen and oxygen atoms in total. The van der Waals surface area contributed by atoms with E-state index < -0.39 is 0 Å². The van der Waals surface area contributed by atoms with Crippen LogP contribution < -0.4 is 10.2 Å². The zero-order valence-electron chi connectivity index (χ0n) is 10.7. The van der Waals surface area contributed by atoms with Gasteiger partial charge in [0.05, 0.1) is 5.52 Å². The first-order valence-corrected chi connectivity index (χ1v) is 6.17. The van der Waals surface area contributed by atoms with Crippen LogP contribution in [0.4, 0.5) is 0 Å². The molecule has 3 rings (SSSR count). The predicted molar refractivity (Wildman–Crippen MR) is 73.5 cm³/mol. The number of nitrogens with zero attached hydrogens (tertiary/aromatic N) is 1. The summed E-state index contributed by atoms with van der Waals surface area (Å²) in [5.41, 5.74) is 0.723. The van der Waals surface area contributed by atoms with Crippen molar-refractivity contribution < 1.29 is 14.3 Å². The van der Waals surface area contributed by atoms with Crippen LogP contribution in [0.3, 0.4) is 0 Å². The van der Waals surface area contributed by atoms with Gasteiger partial charge in [-0.3, -0.25) is 4.79 Å². The van der Waals surface area contributed by atoms with Gasteiger partial charge < -0.3 is 18.8 Å². The third-order valence-electron chi connectivity index (χ3n) is 3.05. The van der Waals surface area contributed by atoms with Crippen LogP contribution in [0.1, 0.15) is 5.76 Å². The summed E-state index contributed by atoms with van der Waals surface area (Å²) in [6, 6.07) is 11.1. The lowest BCUT2D eigenvalue weighted by Gasteiger charge is -2.07. The molecule has 0 aliphatic rings. The summed E-state index contributed by atoms with van der Waals surface area (Å²) in [6.45, 7) is -0.0888. The van der Waals surface area contributed by atoms with E-state index in [4.69, 9.17) is 14.3 Å². The number of aromatic nitrogens is 1. The first-order chi connectivity index (χ1) is 9.78. The Morgan fingerprint density at radius 3 is 2.90 bits per heavy atom. The van der Waals surface area contributed by atoms with Crippen LogP contribution in [0.5, 0.6) is 5.75 Å². The van der Waals surface area contributed by atoms with Crippen molar-refractivity contribution in [2.45, 2.75) is 13.3 Å². The Bertz CT molecular complexity index is 788. The number of hydrogen-bond acceptors (Lipinski definition) is 4. The van der Waals surface area contributed by atoms with Gasteiger partial charge in [-0.2, -0.15) is 0 Å². The molecule has 3 aromatic rings. The number of ether oxygens (including phenoxy) is 1. The number of para-hydroxylation sites is 1. The molecular formula is C15H13NO4. The third-order valence-corrected chi connectivity index (χ3v) is 3.05. The third kappa shape index (κ3) is 2.31. The Balaban J connectivity index is 1.81. The molecule has 5 heteroatoms. The van der Waals surface area contributed by atoms with E-state index in [1.807, 2.05) is 41.1 Å². The van der Waals surface area contributed by atoms with Crippen LogP contribution in [-0.2, 0) is 13.3 Å². The van der Waals surface area contributed by atoms with E-state index in [0.29, 0.717) is 0 Å². The van der Waals surface area contributed by atoms with Crippen LogP contribution in [0.25, 0.3) is 10.9 Å². The summed E-state index contributed by atoms with van der Waals surface area (Å²) in [5.74, 6) is 0.341. The predicted octanol–water partition coefficient (Wildman–Crippen LogP) is 2.12. The van der Waals surface area contributed by atoms with Crippen LogP contribution in [0, 0.1) is 0 Å². The van der Waals surface area contributed by atoms with Crippen molar-refractivity contribution in [3.05, 3.63) is 64.8 Å². The second-order valence-electron chi connectivity index (χ2n) is 4.35. The molecule has 0 atom stereocenters. The monoisotopic (exact) mass is 271 g/mol. The molecule has 0 bridgehead atoms. The fraction of sp³-hybridized carbons (Fsp3) is 0.133. The van der Waals surface area contributed by atoms with Crippen molar-refractivity contribution in [2.24, 2.45) is 0 Å². The molecular weight excluding hydrogens is 258 g/mol. The topological polar surface area (TPSA) is 64.6 Å². The van der Waals surface area contributed by atoms with E-state index in [9.17, 15) is 4.79 Å². The van der Waals surface area contributed by atoms with Crippen molar-refractivity contribution in [2.75, 3.05) is 0 Å². The first kappa shape index (κ1) is 12.5. The zero-order valence-corrected chi connectivity index (χ0v) is 10.7.